The molecular weight excluding hydrogens is 438 g/mol. The van der Waals surface area contributed by atoms with Crippen molar-refractivity contribution in [1.82, 2.24) is 14.5 Å². The van der Waals surface area contributed by atoms with Gasteiger partial charge in [-0.05, 0) is 38.0 Å². The summed E-state index contributed by atoms with van der Waals surface area (Å²) in [4.78, 5) is 21.7. The van der Waals surface area contributed by atoms with Gasteiger partial charge in [0.15, 0.2) is 5.78 Å². The van der Waals surface area contributed by atoms with E-state index in [1.165, 1.54) is 12.4 Å². The fraction of sp³-hybridized carbons (Fsp3) is 0.208. The lowest BCUT2D eigenvalue weighted by Crippen LogP contribution is -2.18. The summed E-state index contributed by atoms with van der Waals surface area (Å²) in [6.07, 6.45) is 3.48. The van der Waals surface area contributed by atoms with E-state index in [4.69, 9.17) is 5.73 Å². The van der Waals surface area contributed by atoms with Gasteiger partial charge in [-0.2, -0.15) is 0 Å². The summed E-state index contributed by atoms with van der Waals surface area (Å²) in [6, 6.07) is 15.9. The molecule has 0 aliphatic heterocycles. The molecule has 2 heterocycles. The monoisotopic (exact) mass is 463 g/mol. The Morgan fingerprint density at radius 2 is 1.85 bits per heavy atom. The number of benzene rings is 2. The van der Waals surface area contributed by atoms with Crippen LogP contribution in [0.25, 0.3) is 11.0 Å². The van der Waals surface area contributed by atoms with E-state index >= 15 is 0 Å². The van der Waals surface area contributed by atoms with Crippen molar-refractivity contribution in [3.05, 3.63) is 83.8 Å². The van der Waals surface area contributed by atoms with Gasteiger partial charge in [-0.25, -0.2) is 18.4 Å². The van der Waals surface area contributed by atoms with Crippen LogP contribution in [-0.2, 0) is 16.4 Å². The smallest absolute Gasteiger partial charge is 0.233 e. The molecule has 0 saturated heterocycles. The lowest BCUT2D eigenvalue weighted by Gasteiger charge is -2.09. The largest absolute Gasteiger partial charge is 0.383 e. The zero-order valence-electron chi connectivity index (χ0n) is 18.4. The van der Waals surface area contributed by atoms with Crippen molar-refractivity contribution in [3.8, 4) is 0 Å². The number of aromatic nitrogens is 3. The van der Waals surface area contributed by atoms with E-state index in [-0.39, 0.29) is 23.4 Å². The van der Waals surface area contributed by atoms with Gasteiger partial charge in [0.2, 0.25) is 10.0 Å². The van der Waals surface area contributed by atoms with Crippen LogP contribution in [-0.4, -0.2) is 34.5 Å². The Labute approximate surface area is 192 Å². The molecular formula is C24H25N5O3S. The van der Waals surface area contributed by atoms with Crippen molar-refractivity contribution in [2.45, 2.75) is 26.3 Å². The minimum atomic E-state index is -3.59. The van der Waals surface area contributed by atoms with E-state index in [0.29, 0.717) is 34.3 Å². The molecule has 4 rings (SSSR count). The first-order valence-corrected chi connectivity index (χ1v) is 12.2. The number of ketones is 1. The second-order valence-electron chi connectivity index (χ2n) is 8.07. The maximum absolute atomic E-state index is 13.4. The standard InChI is InChI=1S/C24H25N5O3S/c1-16(2)29-14-20(21-23(25)26-15-27-24(21)29)22(30)18-9-6-10-19(13-18)28-33(31,32)12-11-17-7-4-3-5-8-17/h3-10,13-16,28H,11-12H2,1-2H3,(H2,25,26,27). The average Bonchev–Trinajstić information content (AvgIpc) is 3.19. The Kier molecular flexibility index (Phi) is 6.15. The van der Waals surface area contributed by atoms with Gasteiger partial charge in [0, 0.05) is 23.5 Å². The van der Waals surface area contributed by atoms with Crippen LogP contribution < -0.4 is 10.5 Å². The van der Waals surface area contributed by atoms with Crippen LogP contribution in [0.5, 0.6) is 0 Å². The molecule has 0 atom stereocenters. The number of rotatable bonds is 8. The Bertz CT molecular complexity index is 1410. The number of hydrogen-bond donors (Lipinski definition) is 2. The van der Waals surface area contributed by atoms with Crippen LogP contribution in [0, 0.1) is 0 Å². The molecule has 0 unspecified atom stereocenters. The number of sulfonamides is 1. The number of nitrogen functional groups attached to an aromatic ring is 1. The molecule has 0 saturated carbocycles. The molecule has 0 spiro atoms. The summed E-state index contributed by atoms with van der Waals surface area (Å²) >= 11 is 0. The highest BCUT2D eigenvalue weighted by molar-refractivity contribution is 7.92. The third-order valence-electron chi connectivity index (χ3n) is 5.34. The van der Waals surface area contributed by atoms with E-state index in [9.17, 15) is 13.2 Å². The molecule has 170 valence electrons. The zero-order valence-corrected chi connectivity index (χ0v) is 19.2. The highest BCUT2D eigenvalue weighted by Crippen LogP contribution is 2.29. The number of nitrogens with two attached hydrogens (primary N) is 1. The number of hydrogen-bond acceptors (Lipinski definition) is 6. The van der Waals surface area contributed by atoms with E-state index in [2.05, 4.69) is 14.7 Å². The maximum atomic E-state index is 13.4. The highest BCUT2D eigenvalue weighted by Gasteiger charge is 2.22. The second kappa shape index (κ2) is 9.03. The number of anilines is 2. The van der Waals surface area contributed by atoms with Gasteiger partial charge in [0.1, 0.15) is 17.8 Å². The fourth-order valence-electron chi connectivity index (χ4n) is 3.68. The number of carbonyl (C=O) groups is 1. The highest BCUT2D eigenvalue weighted by atomic mass is 32.2. The molecule has 0 aliphatic carbocycles. The molecule has 0 aliphatic rings. The minimum Gasteiger partial charge on any atom is -0.383 e. The summed E-state index contributed by atoms with van der Waals surface area (Å²) in [5, 5.41) is 0.491. The van der Waals surface area contributed by atoms with Gasteiger partial charge in [-0.15, -0.1) is 0 Å². The molecule has 2 aromatic heterocycles. The lowest BCUT2D eigenvalue weighted by molar-refractivity contribution is 0.104. The van der Waals surface area contributed by atoms with E-state index < -0.39 is 10.0 Å². The summed E-state index contributed by atoms with van der Waals surface area (Å²) in [6.45, 7) is 3.97. The molecule has 0 fully saturated rings. The minimum absolute atomic E-state index is 0.0612. The molecule has 8 nitrogen and oxygen atoms in total. The predicted octanol–water partition coefficient (Wildman–Crippen LogP) is 3.81. The number of aryl methyl sites for hydroxylation is 1. The Hall–Kier alpha value is -3.72. The van der Waals surface area contributed by atoms with Gasteiger partial charge in [-0.1, -0.05) is 42.5 Å². The summed E-state index contributed by atoms with van der Waals surface area (Å²) in [5.41, 5.74) is 8.63. The van der Waals surface area contributed by atoms with Crippen molar-refractivity contribution < 1.29 is 13.2 Å². The number of nitrogens with one attached hydrogen (secondary N) is 1. The Morgan fingerprint density at radius 1 is 1.09 bits per heavy atom. The normalized spacial score (nSPS) is 11.7. The van der Waals surface area contributed by atoms with Gasteiger partial charge >= 0.3 is 0 Å². The molecule has 0 bridgehead atoms. The SMILES string of the molecule is CC(C)n1cc(C(=O)c2cccc(NS(=O)(=O)CCc3ccccc3)c2)c2c(N)ncnc21. The maximum Gasteiger partial charge on any atom is 0.233 e. The average molecular weight is 464 g/mol. The van der Waals surface area contributed by atoms with Gasteiger partial charge < -0.3 is 10.3 Å². The van der Waals surface area contributed by atoms with Crippen LogP contribution in [0.2, 0.25) is 0 Å². The van der Waals surface area contributed by atoms with Crippen LogP contribution in [0.1, 0.15) is 41.4 Å². The van der Waals surface area contributed by atoms with Gasteiger partial charge in [-0.3, -0.25) is 9.52 Å². The summed E-state index contributed by atoms with van der Waals surface area (Å²) in [5.74, 6) is -0.128. The first-order chi connectivity index (χ1) is 15.7. The van der Waals surface area contributed by atoms with Crippen LogP contribution >= 0.6 is 0 Å². The predicted molar refractivity (Wildman–Crippen MR) is 130 cm³/mol. The molecule has 0 radical (unpaired) electrons. The topological polar surface area (TPSA) is 120 Å². The Morgan fingerprint density at radius 3 is 2.58 bits per heavy atom. The summed E-state index contributed by atoms with van der Waals surface area (Å²) in [7, 11) is -3.59. The zero-order chi connectivity index (χ0) is 23.6. The molecule has 0 amide bonds. The molecule has 2 aromatic carbocycles. The second-order valence-corrected chi connectivity index (χ2v) is 9.91. The molecule has 33 heavy (non-hydrogen) atoms. The lowest BCUT2D eigenvalue weighted by atomic mass is 10.0. The van der Waals surface area contributed by atoms with E-state index in [0.717, 1.165) is 5.56 Å². The molecule has 4 aromatic rings. The van der Waals surface area contributed by atoms with Crippen LogP contribution in [0.15, 0.2) is 67.1 Å². The number of fused-ring (bicyclic) bond motifs is 1. The first-order valence-electron chi connectivity index (χ1n) is 10.6. The molecule has 9 heteroatoms. The van der Waals surface area contributed by atoms with Crippen molar-refractivity contribution >= 4 is 38.3 Å². The summed E-state index contributed by atoms with van der Waals surface area (Å²) < 4.78 is 29.6. The van der Waals surface area contributed by atoms with E-state index in [1.54, 1.807) is 24.4 Å². The molecule has 3 N–H and O–H groups in total. The third kappa shape index (κ3) is 4.88. The van der Waals surface area contributed by atoms with Gasteiger partial charge in [0.25, 0.3) is 0 Å². The van der Waals surface area contributed by atoms with Crippen molar-refractivity contribution in [3.63, 3.8) is 0 Å². The van der Waals surface area contributed by atoms with Crippen molar-refractivity contribution in [1.29, 1.82) is 0 Å². The van der Waals surface area contributed by atoms with E-state index in [1.807, 2.05) is 48.7 Å². The number of carbonyl (C=O) groups excluding carboxylic acids is 1. The number of nitrogens with zero attached hydrogens (tertiary/aromatic N) is 3. The van der Waals surface area contributed by atoms with Crippen LogP contribution in [0.3, 0.4) is 0 Å². The first kappa shape index (κ1) is 22.5. The Balaban J connectivity index is 1.60. The van der Waals surface area contributed by atoms with Gasteiger partial charge in [0.05, 0.1) is 16.7 Å². The third-order valence-corrected chi connectivity index (χ3v) is 6.63. The van der Waals surface area contributed by atoms with Crippen molar-refractivity contribution in [2.75, 3.05) is 16.2 Å². The van der Waals surface area contributed by atoms with Crippen LogP contribution in [0.4, 0.5) is 11.5 Å². The fourth-order valence-corrected chi connectivity index (χ4v) is 4.77. The van der Waals surface area contributed by atoms with Crippen molar-refractivity contribution in [2.24, 2.45) is 0 Å². The quantitative estimate of drug-likeness (QED) is 0.384.